The van der Waals surface area contributed by atoms with Gasteiger partial charge in [-0.3, -0.25) is 9.59 Å². The van der Waals surface area contributed by atoms with Crippen molar-refractivity contribution in [1.29, 1.82) is 0 Å². The van der Waals surface area contributed by atoms with Crippen LogP contribution in [0.1, 0.15) is 104 Å². The van der Waals surface area contributed by atoms with E-state index in [1.165, 1.54) is 6.92 Å². The summed E-state index contributed by atoms with van der Waals surface area (Å²) in [5, 5.41) is 0. The van der Waals surface area contributed by atoms with Gasteiger partial charge in [-0.2, -0.15) is 0 Å². The molecule has 1 heterocycles. The Morgan fingerprint density at radius 2 is 1.41 bits per heavy atom. The lowest BCUT2D eigenvalue weighted by Crippen LogP contribution is -2.69. The maximum absolute atomic E-state index is 13.8. The molecule has 46 heavy (non-hydrogen) atoms. The molecule has 0 N–H and O–H groups in total. The number of carbonyl (C=O) groups is 3. The molecule has 3 rings (SSSR count). The standard InChI is InChI=1S/C38H54O8/c1-7-9-21-32-38(24-10-8-2,46-36(41)37(4,5)6)35(44-26-30-19-15-12-16-20-30)34(43-25-29-17-13-11-14-18-29)31(45-32)27-42-33(40)23-22-28(3)39/h11-20,31-32,34-35H,7-10,21-27H2,1-6H3/t31-,32?,34-,35+,38+/m1/s1. The molecule has 2 aromatic carbocycles. The van der Waals surface area contributed by atoms with Crippen molar-refractivity contribution in [2.24, 2.45) is 5.41 Å². The normalized spacial score (nSPS) is 23.1. The van der Waals surface area contributed by atoms with Gasteiger partial charge in [0, 0.05) is 6.42 Å². The Kier molecular flexibility index (Phi) is 14.9. The highest BCUT2D eigenvalue weighted by atomic mass is 16.6. The number of unbranched alkanes of at least 4 members (excludes halogenated alkanes) is 2. The third-order valence-corrected chi connectivity index (χ3v) is 8.31. The molecule has 2 aromatic rings. The second-order valence-electron chi connectivity index (χ2n) is 13.4. The van der Waals surface area contributed by atoms with E-state index in [0.717, 1.165) is 36.8 Å². The number of ether oxygens (including phenoxy) is 5. The molecule has 8 heteroatoms. The van der Waals surface area contributed by atoms with Crippen LogP contribution in [-0.4, -0.2) is 54.3 Å². The fourth-order valence-electron chi connectivity index (χ4n) is 5.64. The Hall–Kier alpha value is -3.07. The van der Waals surface area contributed by atoms with E-state index in [2.05, 4.69) is 13.8 Å². The molecular formula is C38H54O8. The highest BCUT2D eigenvalue weighted by Gasteiger charge is 2.60. The van der Waals surface area contributed by atoms with E-state index in [-0.39, 0.29) is 44.4 Å². The lowest BCUT2D eigenvalue weighted by molar-refractivity contribution is -0.307. The molecule has 1 fully saturated rings. The summed E-state index contributed by atoms with van der Waals surface area (Å²) in [5.41, 5.74) is 0.0168. The molecule has 0 saturated carbocycles. The van der Waals surface area contributed by atoms with Crippen molar-refractivity contribution in [3.8, 4) is 0 Å². The first-order valence-electron chi connectivity index (χ1n) is 16.8. The van der Waals surface area contributed by atoms with Gasteiger partial charge >= 0.3 is 11.9 Å². The zero-order chi connectivity index (χ0) is 33.6. The van der Waals surface area contributed by atoms with Crippen LogP contribution in [0.25, 0.3) is 0 Å². The summed E-state index contributed by atoms with van der Waals surface area (Å²) in [6, 6.07) is 19.7. The minimum absolute atomic E-state index is 0.00553. The smallest absolute Gasteiger partial charge is 0.311 e. The van der Waals surface area contributed by atoms with Gasteiger partial charge in [0.1, 0.15) is 36.8 Å². The third-order valence-electron chi connectivity index (χ3n) is 8.31. The van der Waals surface area contributed by atoms with Gasteiger partial charge in [0.2, 0.25) is 0 Å². The average Bonchev–Trinajstić information content (AvgIpc) is 3.04. The predicted molar refractivity (Wildman–Crippen MR) is 177 cm³/mol. The molecule has 0 aromatic heterocycles. The van der Waals surface area contributed by atoms with Crippen LogP contribution in [0, 0.1) is 5.41 Å². The van der Waals surface area contributed by atoms with E-state index in [1.54, 1.807) is 0 Å². The van der Waals surface area contributed by atoms with E-state index in [4.69, 9.17) is 23.7 Å². The molecule has 1 aliphatic heterocycles. The molecular weight excluding hydrogens is 584 g/mol. The van der Waals surface area contributed by atoms with E-state index in [1.807, 2.05) is 81.4 Å². The number of rotatable bonds is 18. The molecule has 254 valence electrons. The maximum Gasteiger partial charge on any atom is 0.311 e. The summed E-state index contributed by atoms with van der Waals surface area (Å²) in [6.07, 6.45) is 1.99. The van der Waals surface area contributed by atoms with Crippen LogP contribution in [0.15, 0.2) is 60.7 Å². The van der Waals surface area contributed by atoms with Crippen LogP contribution >= 0.6 is 0 Å². The summed E-state index contributed by atoms with van der Waals surface area (Å²) in [5.74, 6) is -0.891. The first-order valence-corrected chi connectivity index (χ1v) is 16.8. The quantitative estimate of drug-likeness (QED) is 0.155. The number of hydrogen-bond donors (Lipinski definition) is 0. The van der Waals surface area contributed by atoms with Gasteiger partial charge in [-0.05, 0) is 58.1 Å². The van der Waals surface area contributed by atoms with Crippen molar-refractivity contribution >= 4 is 17.7 Å². The minimum Gasteiger partial charge on any atom is -0.463 e. The van der Waals surface area contributed by atoms with Crippen LogP contribution in [0.4, 0.5) is 0 Å². The summed E-state index contributed by atoms with van der Waals surface area (Å²) >= 11 is 0. The summed E-state index contributed by atoms with van der Waals surface area (Å²) in [7, 11) is 0. The Balaban J connectivity index is 2.11. The predicted octanol–water partition coefficient (Wildman–Crippen LogP) is 7.55. The largest absolute Gasteiger partial charge is 0.463 e. The Bertz CT molecular complexity index is 1210. The molecule has 0 amide bonds. The molecule has 0 bridgehead atoms. The van der Waals surface area contributed by atoms with E-state index in [9.17, 15) is 14.4 Å². The van der Waals surface area contributed by atoms with Crippen LogP contribution < -0.4 is 0 Å². The van der Waals surface area contributed by atoms with Crippen LogP contribution in [0.2, 0.25) is 0 Å². The van der Waals surface area contributed by atoms with Gasteiger partial charge in [-0.15, -0.1) is 0 Å². The Morgan fingerprint density at radius 1 is 0.826 bits per heavy atom. The third kappa shape index (κ3) is 11.0. The van der Waals surface area contributed by atoms with Crippen LogP contribution in [0.3, 0.4) is 0 Å². The fourth-order valence-corrected chi connectivity index (χ4v) is 5.64. The van der Waals surface area contributed by atoms with Crippen LogP contribution in [0.5, 0.6) is 0 Å². The van der Waals surface area contributed by atoms with Gasteiger partial charge < -0.3 is 28.5 Å². The Labute approximate surface area is 275 Å². The van der Waals surface area contributed by atoms with Crippen molar-refractivity contribution in [3.05, 3.63) is 71.8 Å². The molecule has 1 aliphatic rings. The lowest BCUT2D eigenvalue weighted by atomic mass is 9.76. The minimum atomic E-state index is -1.15. The van der Waals surface area contributed by atoms with Crippen molar-refractivity contribution in [3.63, 3.8) is 0 Å². The van der Waals surface area contributed by atoms with Gasteiger partial charge in [0.25, 0.3) is 0 Å². The molecule has 8 nitrogen and oxygen atoms in total. The molecule has 0 spiro atoms. The summed E-state index contributed by atoms with van der Waals surface area (Å²) < 4.78 is 32.8. The topological polar surface area (TPSA) is 97.4 Å². The van der Waals surface area contributed by atoms with Crippen molar-refractivity contribution in [2.75, 3.05) is 6.61 Å². The molecule has 1 unspecified atom stereocenters. The highest BCUT2D eigenvalue weighted by molar-refractivity contribution is 5.81. The van der Waals surface area contributed by atoms with Crippen molar-refractivity contribution in [1.82, 2.24) is 0 Å². The number of hydrogen-bond acceptors (Lipinski definition) is 8. The molecule has 1 saturated heterocycles. The zero-order valence-corrected chi connectivity index (χ0v) is 28.6. The second-order valence-corrected chi connectivity index (χ2v) is 13.4. The highest BCUT2D eigenvalue weighted by Crippen LogP contribution is 2.44. The second kappa shape index (κ2) is 18.3. The van der Waals surface area contributed by atoms with Crippen molar-refractivity contribution in [2.45, 2.75) is 136 Å². The number of esters is 2. The van der Waals surface area contributed by atoms with E-state index < -0.39 is 41.4 Å². The SMILES string of the molecule is CCCCC1O[C@H](COC(=O)CCC(C)=O)[C@@H](OCc2ccccc2)[C@H](OCc2ccccc2)[C@@]1(CCCC)OC(=O)C(C)(C)C. The number of Topliss-reactive ketones (excluding diaryl/α,β-unsaturated/α-hetero) is 1. The van der Waals surface area contributed by atoms with E-state index >= 15 is 0 Å². The number of ketones is 1. The first kappa shape index (κ1) is 37.4. The average molecular weight is 639 g/mol. The number of carbonyl (C=O) groups excluding carboxylic acids is 3. The van der Waals surface area contributed by atoms with E-state index in [0.29, 0.717) is 12.8 Å². The van der Waals surface area contributed by atoms with Gasteiger partial charge in [0.05, 0.1) is 25.0 Å². The van der Waals surface area contributed by atoms with Gasteiger partial charge in [0.15, 0.2) is 5.60 Å². The molecule has 0 aliphatic carbocycles. The molecule has 0 radical (unpaired) electrons. The lowest BCUT2D eigenvalue weighted by Gasteiger charge is -2.54. The molecule has 5 atom stereocenters. The van der Waals surface area contributed by atoms with Gasteiger partial charge in [-0.25, -0.2) is 0 Å². The summed E-state index contributed by atoms with van der Waals surface area (Å²) in [6.45, 7) is 11.7. The first-order chi connectivity index (χ1) is 22.0. The maximum atomic E-state index is 13.8. The van der Waals surface area contributed by atoms with Gasteiger partial charge in [-0.1, -0.05) is 93.8 Å². The Morgan fingerprint density at radius 3 is 1.96 bits per heavy atom. The van der Waals surface area contributed by atoms with Crippen molar-refractivity contribution < 1.29 is 38.1 Å². The number of benzene rings is 2. The monoisotopic (exact) mass is 638 g/mol. The van der Waals surface area contributed by atoms with Crippen LogP contribution in [-0.2, 0) is 51.3 Å². The zero-order valence-electron chi connectivity index (χ0n) is 28.6. The summed E-state index contributed by atoms with van der Waals surface area (Å²) in [4.78, 5) is 38.0. The fraction of sp³-hybridized carbons (Fsp3) is 0.605.